The molecule has 1 aliphatic heterocycles. The number of anilines is 1. The van der Waals surface area contributed by atoms with Crippen molar-refractivity contribution in [2.24, 2.45) is 10.9 Å². The van der Waals surface area contributed by atoms with Crippen molar-refractivity contribution >= 4 is 46.5 Å². The minimum absolute atomic E-state index is 0.131. The molecule has 3 atom stereocenters. The van der Waals surface area contributed by atoms with Gasteiger partial charge in [-0.3, -0.25) is 14.7 Å². The molecule has 0 spiro atoms. The number of carboxylic acids is 1. The topological polar surface area (TPSA) is 102 Å². The standard InChI is InChI=1S/C31H33Cl2N3O4/c1-20(15-17-37)28(31(39)40)35-29(22-8-3-2-4-9-22)23-10-5-6-11-26(23)34-30(38)27-12-7-16-36(27)19-21-13-14-24(32)25(33)18-21/h2-6,8-11,13-14,18,20,27-28,37H,7,12,15-17,19H2,1H3,(H,34,38)(H,39,40)/t20-,27+,28+/m1/s1. The second-order valence-corrected chi connectivity index (χ2v) is 10.8. The Hall–Kier alpha value is -3.23. The zero-order chi connectivity index (χ0) is 28.6. The zero-order valence-corrected chi connectivity index (χ0v) is 23.8. The number of aliphatic carboxylic acids is 1. The van der Waals surface area contributed by atoms with Crippen LogP contribution in [-0.2, 0) is 16.1 Å². The third-order valence-corrected chi connectivity index (χ3v) is 7.91. The minimum Gasteiger partial charge on any atom is -0.480 e. The highest BCUT2D eigenvalue weighted by atomic mass is 35.5. The van der Waals surface area contributed by atoms with Crippen LogP contribution in [0.3, 0.4) is 0 Å². The highest BCUT2D eigenvalue weighted by Crippen LogP contribution is 2.28. The number of para-hydroxylation sites is 1. The number of hydrogen-bond acceptors (Lipinski definition) is 5. The normalized spacial score (nSPS) is 17.4. The fourth-order valence-corrected chi connectivity index (χ4v) is 5.34. The van der Waals surface area contributed by atoms with Crippen molar-refractivity contribution in [2.75, 3.05) is 18.5 Å². The Morgan fingerprint density at radius 1 is 1.05 bits per heavy atom. The molecule has 3 aromatic carbocycles. The number of aliphatic hydroxyl groups excluding tert-OH is 1. The molecule has 4 rings (SSSR count). The van der Waals surface area contributed by atoms with E-state index in [2.05, 4.69) is 10.2 Å². The van der Waals surface area contributed by atoms with E-state index in [1.807, 2.05) is 60.7 Å². The van der Waals surface area contributed by atoms with Crippen molar-refractivity contribution in [1.82, 2.24) is 4.90 Å². The van der Waals surface area contributed by atoms with E-state index in [4.69, 9.17) is 28.2 Å². The Morgan fingerprint density at radius 2 is 1.77 bits per heavy atom. The molecule has 0 radical (unpaired) electrons. The number of nitrogens with zero attached hydrogens (tertiary/aromatic N) is 2. The van der Waals surface area contributed by atoms with Crippen LogP contribution in [0.25, 0.3) is 0 Å². The lowest BCUT2D eigenvalue weighted by Gasteiger charge is -2.25. The highest BCUT2D eigenvalue weighted by Gasteiger charge is 2.32. The average Bonchev–Trinajstić information content (AvgIpc) is 3.40. The maximum Gasteiger partial charge on any atom is 0.328 e. The summed E-state index contributed by atoms with van der Waals surface area (Å²) in [6, 6.07) is 20.7. The van der Waals surface area contributed by atoms with Gasteiger partial charge in [0.2, 0.25) is 5.91 Å². The first-order chi connectivity index (χ1) is 19.3. The molecule has 0 aromatic heterocycles. The molecule has 7 nitrogen and oxygen atoms in total. The Bertz CT molecular complexity index is 1370. The van der Waals surface area contributed by atoms with E-state index < -0.39 is 17.9 Å². The summed E-state index contributed by atoms with van der Waals surface area (Å²) in [5.74, 6) is -1.60. The molecule has 0 bridgehead atoms. The quantitative estimate of drug-likeness (QED) is 0.244. The minimum atomic E-state index is -1.07. The van der Waals surface area contributed by atoms with Crippen LogP contribution in [0.5, 0.6) is 0 Å². The van der Waals surface area contributed by atoms with Gasteiger partial charge in [0.1, 0.15) is 0 Å². The molecule has 0 saturated carbocycles. The summed E-state index contributed by atoms with van der Waals surface area (Å²) in [4.78, 5) is 32.6. The van der Waals surface area contributed by atoms with Crippen molar-refractivity contribution in [2.45, 2.75) is 44.8 Å². The summed E-state index contributed by atoms with van der Waals surface area (Å²) in [5.41, 5.74) is 3.35. The summed E-state index contributed by atoms with van der Waals surface area (Å²) in [5, 5.41) is 23.5. The van der Waals surface area contributed by atoms with Gasteiger partial charge in [-0.25, -0.2) is 4.79 Å². The maximum absolute atomic E-state index is 13.6. The van der Waals surface area contributed by atoms with E-state index in [-0.39, 0.29) is 18.6 Å². The fraction of sp³-hybridized carbons (Fsp3) is 0.323. The summed E-state index contributed by atoms with van der Waals surface area (Å²) in [6.07, 6.45) is 1.91. The molecular formula is C31H33Cl2N3O4. The predicted molar refractivity (Wildman–Crippen MR) is 159 cm³/mol. The lowest BCUT2D eigenvalue weighted by Crippen LogP contribution is -2.39. The lowest BCUT2D eigenvalue weighted by atomic mass is 9.96. The Balaban J connectivity index is 1.64. The summed E-state index contributed by atoms with van der Waals surface area (Å²) in [6.45, 7) is 2.97. The molecule has 0 unspecified atom stereocenters. The second-order valence-electron chi connectivity index (χ2n) is 10.0. The number of carbonyl (C=O) groups excluding carboxylic acids is 1. The molecule has 1 fully saturated rings. The van der Waals surface area contributed by atoms with E-state index in [0.29, 0.717) is 46.4 Å². The van der Waals surface area contributed by atoms with Crippen LogP contribution in [0.2, 0.25) is 10.0 Å². The van der Waals surface area contributed by atoms with Crippen molar-refractivity contribution in [1.29, 1.82) is 0 Å². The lowest BCUT2D eigenvalue weighted by molar-refractivity contribution is -0.139. The molecule has 3 N–H and O–H groups in total. The molecule has 1 heterocycles. The number of hydrogen-bond donors (Lipinski definition) is 3. The summed E-state index contributed by atoms with van der Waals surface area (Å²) in [7, 11) is 0. The molecule has 210 valence electrons. The molecule has 1 amide bonds. The van der Waals surface area contributed by atoms with E-state index in [1.165, 1.54) is 0 Å². The number of amides is 1. The van der Waals surface area contributed by atoms with E-state index in [0.717, 1.165) is 24.1 Å². The molecule has 1 aliphatic rings. The van der Waals surface area contributed by atoms with Crippen LogP contribution in [0.4, 0.5) is 5.69 Å². The molecule has 9 heteroatoms. The van der Waals surface area contributed by atoms with Gasteiger partial charge in [0, 0.05) is 24.3 Å². The Morgan fingerprint density at radius 3 is 2.48 bits per heavy atom. The van der Waals surface area contributed by atoms with E-state index in [1.54, 1.807) is 19.1 Å². The van der Waals surface area contributed by atoms with Gasteiger partial charge in [-0.1, -0.05) is 84.7 Å². The number of likely N-dealkylation sites (tertiary alicyclic amines) is 1. The number of benzene rings is 3. The number of aliphatic hydroxyl groups is 1. The fourth-order valence-electron chi connectivity index (χ4n) is 5.02. The number of carboxylic acid groups (broad SMARTS) is 1. The van der Waals surface area contributed by atoms with Gasteiger partial charge in [-0.15, -0.1) is 0 Å². The van der Waals surface area contributed by atoms with Gasteiger partial charge < -0.3 is 15.5 Å². The van der Waals surface area contributed by atoms with Gasteiger partial charge in [0.05, 0.1) is 27.5 Å². The van der Waals surface area contributed by atoms with E-state index >= 15 is 0 Å². The molecule has 40 heavy (non-hydrogen) atoms. The van der Waals surface area contributed by atoms with Gasteiger partial charge in [0.15, 0.2) is 6.04 Å². The average molecular weight is 583 g/mol. The van der Waals surface area contributed by atoms with Crippen LogP contribution >= 0.6 is 23.2 Å². The van der Waals surface area contributed by atoms with Crippen molar-refractivity contribution in [3.63, 3.8) is 0 Å². The third kappa shape index (κ3) is 7.29. The summed E-state index contributed by atoms with van der Waals surface area (Å²) >= 11 is 12.3. The van der Waals surface area contributed by atoms with Crippen LogP contribution in [0.15, 0.2) is 77.8 Å². The number of halogens is 2. The first-order valence-electron chi connectivity index (χ1n) is 13.3. The largest absolute Gasteiger partial charge is 0.480 e. The second kappa shape index (κ2) is 13.9. The van der Waals surface area contributed by atoms with Gasteiger partial charge in [-0.05, 0) is 55.5 Å². The van der Waals surface area contributed by atoms with Crippen molar-refractivity contribution < 1.29 is 19.8 Å². The first kappa shape index (κ1) is 29.7. The predicted octanol–water partition coefficient (Wildman–Crippen LogP) is 5.91. The number of aliphatic imine (C=N–C) groups is 1. The van der Waals surface area contributed by atoms with Gasteiger partial charge in [-0.2, -0.15) is 0 Å². The van der Waals surface area contributed by atoms with Crippen LogP contribution < -0.4 is 5.32 Å². The van der Waals surface area contributed by atoms with Crippen molar-refractivity contribution in [3.05, 3.63) is 99.5 Å². The molecule has 3 aromatic rings. The zero-order valence-electron chi connectivity index (χ0n) is 22.3. The molecule has 0 aliphatic carbocycles. The smallest absolute Gasteiger partial charge is 0.328 e. The SMILES string of the molecule is C[C@H](CCO)[C@H](N=C(c1ccccc1)c1ccccc1NC(=O)[C@@H]1CCCN1Cc1ccc(Cl)c(Cl)c1)C(=O)O. The Labute approximate surface area is 244 Å². The number of carbonyl (C=O) groups is 2. The van der Waals surface area contributed by atoms with Crippen LogP contribution in [0, 0.1) is 5.92 Å². The third-order valence-electron chi connectivity index (χ3n) is 7.17. The number of nitrogens with one attached hydrogen (secondary N) is 1. The van der Waals surface area contributed by atoms with Crippen LogP contribution in [-0.4, -0.2) is 57.9 Å². The number of rotatable bonds is 11. The van der Waals surface area contributed by atoms with Crippen molar-refractivity contribution in [3.8, 4) is 0 Å². The van der Waals surface area contributed by atoms with Gasteiger partial charge in [0.25, 0.3) is 0 Å². The molecular weight excluding hydrogens is 549 g/mol. The monoisotopic (exact) mass is 581 g/mol. The van der Waals surface area contributed by atoms with Gasteiger partial charge >= 0.3 is 5.97 Å². The Kier molecular flexibility index (Phi) is 10.3. The highest BCUT2D eigenvalue weighted by molar-refractivity contribution is 6.42. The first-order valence-corrected chi connectivity index (χ1v) is 14.1. The molecule has 1 saturated heterocycles. The van der Waals surface area contributed by atoms with Crippen LogP contribution in [0.1, 0.15) is 42.9 Å². The maximum atomic E-state index is 13.6. The van der Waals surface area contributed by atoms with E-state index in [9.17, 15) is 19.8 Å². The summed E-state index contributed by atoms with van der Waals surface area (Å²) < 4.78 is 0.